The average molecular weight is 225 g/mol. The third kappa shape index (κ3) is 3.30. The van der Waals surface area contributed by atoms with Gasteiger partial charge in [-0.25, -0.2) is 4.98 Å². The molecule has 0 aliphatic rings. The van der Waals surface area contributed by atoms with E-state index in [-0.39, 0.29) is 11.8 Å². The summed E-state index contributed by atoms with van der Waals surface area (Å²) < 4.78 is 0. The summed E-state index contributed by atoms with van der Waals surface area (Å²) in [5.41, 5.74) is 0. The molecular weight excluding hydrogens is 206 g/mol. The van der Waals surface area contributed by atoms with Crippen molar-refractivity contribution in [1.82, 2.24) is 25.4 Å². The summed E-state index contributed by atoms with van der Waals surface area (Å²) in [6.45, 7) is 4.86. The topological polar surface area (TPSA) is 73.9 Å². The second-order valence-electron chi connectivity index (χ2n) is 3.99. The molecule has 1 aromatic rings. The van der Waals surface area contributed by atoms with Gasteiger partial charge in [0.2, 0.25) is 5.91 Å². The van der Waals surface area contributed by atoms with E-state index < -0.39 is 0 Å². The van der Waals surface area contributed by atoms with Crippen molar-refractivity contribution in [3.05, 3.63) is 11.6 Å². The van der Waals surface area contributed by atoms with E-state index in [1.165, 1.54) is 0 Å². The van der Waals surface area contributed by atoms with Crippen LogP contribution in [0.4, 0.5) is 0 Å². The molecule has 16 heavy (non-hydrogen) atoms. The Morgan fingerprint density at radius 1 is 1.62 bits per heavy atom. The Morgan fingerprint density at radius 3 is 2.81 bits per heavy atom. The second-order valence-corrected chi connectivity index (χ2v) is 3.99. The molecule has 0 aliphatic heterocycles. The third-order valence-corrected chi connectivity index (χ3v) is 2.33. The first-order valence-electron chi connectivity index (χ1n) is 5.32. The van der Waals surface area contributed by atoms with Gasteiger partial charge in [-0.3, -0.25) is 9.89 Å². The molecule has 1 rings (SSSR count). The highest BCUT2D eigenvalue weighted by Gasteiger charge is 2.17. The van der Waals surface area contributed by atoms with Crippen LogP contribution in [0.15, 0.2) is 0 Å². The van der Waals surface area contributed by atoms with Crippen LogP contribution in [0.1, 0.15) is 18.6 Å². The summed E-state index contributed by atoms with van der Waals surface area (Å²) in [6.07, 6.45) is 0. The van der Waals surface area contributed by atoms with Gasteiger partial charge in [0.25, 0.3) is 0 Å². The molecule has 6 heteroatoms. The van der Waals surface area contributed by atoms with E-state index in [2.05, 4.69) is 20.5 Å². The quantitative estimate of drug-likeness (QED) is 0.735. The van der Waals surface area contributed by atoms with Crippen LogP contribution in [0.3, 0.4) is 0 Å². The lowest BCUT2D eigenvalue weighted by molar-refractivity contribution is -0.134. The van der Waals surface area contributed by atoms with E-state index in [9.17, 15) is 4.79 Å². The van der Waals surface area contributed by atoms with Crippen molar-refractivity contribution in [2.24, 2.45) is 5.92 Å². The smallest absolute Gasteiger partial charge is 0.226 e. The predicted molar refractivity (Wildman–Crippen MR) is 60.7 cm³/mol. The molecule has 2 N–H and O–H groups in total. The van der Waals surface area contributed by atoms with Crippen molar-refractivity contribution >= 4 is 5.91 Å². The van der Waals surface area contributed by atoms with Gasteiger partial charge < -0.3 is 10.2 Å². The van der Waals surface area contributed by atoms with Crippen LogP contribution >= 0.6 is 0 Å². The minimum atomic E-state index is -0.0324. The molecule has 6 nitrogen and oxygen atoms in total. The molecule has 1 aromatic heterocycles. The van der Waals surface area contributed by atoms with Crippen molar-refractivity contribution in [3.8, 4) is 0 Å². The van der Waals surface area contributed by atoms with Crippen molar-refractivity contribution in [1.29, 1.82) is 0 Å². The molecule has 0 fully saturated rings. The Kier molecular flexibility index (Phi) is 4.42. The number of hydrogen-bond acceptors (Lipinski definition) is 4. The first-order chi connectivity index (χ1) is 7.54. The monoisotopic (exact) mass is 225 g/mol. The number of aromatic amines is 1. The lowest BCUT2D eigenvalue weighted by Gasteiger charge is -2.19. The largest absolute Gasteiger partial charge is 0.338 e. The number of nitrogens with zero attached hydrogens (tertiary/aromatic N) is 3. The van der Waals surface area contributed by atoms with Crippen LogP contribution in [0, 0.1) is 12.8 Å². The minimum absolute atomic E-state index is 0.0324. The summed E-state index contributed by atoms with van der Waals surface area (Å²) in [4.78, 5) is 17.7. The number of aryl methyl sites for hydroxylation is 1. The molecule has 0 spiro atoms. The molecule has 1 unspecified atom stereocenters. The van der Waals surface area contributed by atoms with Crippen molar-refractivity contribution in [3.63, 3.8) is 0 Å². The molecule has 0 saturated carbocycles. The minimum Gasteiger partial charge on any atom is -0.338 e. The van der Waals surface area contributed by atoms with Crippen LogP contribution in [0.2, 0.25) is 0 Å². The van der Waals surface area contributed by atoms with Gasteiger partial charge in [0.05, 0.1) is 6.54 Å². The molecule has 0 aliphatic carbocycles. The fourth-order valence-corrected chi connectivity index (χ4v) is 1.52. The van der Waals surface area contributed by atoms with Crippen LogP contribution in [-0.4, -0.2) is 46.6 Å². The van der Waals surface area contributed by atoms with Gasteiger partial charge in [-0.15, -0.1) is 0 Å². The molecule has 0 bridgehead atoms. The Morgan fingerprint density at radius 2 is 2.31 bits per heavy atom. The zero-order valence-electron chi connectivity index (χ0n) is 10.2. The van der Waals surface area contributed by atoms with Crippen LogP contribution < -0.4 is 5.32 Å². The highest BCUT2D eigenvalue weighted by molar-refractivity contribution is 5.78. The summed E-state index contributed by atoms with van der Waals surface area (Å²) in [7, 11) is 3.60. The van der Waals surface area contributed by atoms with Crippen LogP contribution in [-0.2, 0) is 11.3 Å². The van der Waals surface area contributed by atoms with E-state index in [1.807, 2.05) is 20.9 Å². The summed E-state index contributed by atoms with van der Waals surface area (Å²) in [5.74, 6) is 1.47. The number of carbonyl (C=O) groups excluding carboxylic acids is 1. The van der Waals surface area contributed by atoms with Gasteiger partial charge in [0.1, 0.15) is 5.82 Å². The maximum absolute atomic E-state index is 11.9. The van der Waals surface area contributed by atoms with E-state index in [0.717, 1.165) is 5.82 Å². The van der Waals surface area contributed by atoms with Crippen LogP contribution in [0.5, 0.6) is 0 Å². The Bertz CT molecular complexity index is 349. The average Bonchev–Trinajstić information content (AvgIpc) is 2.63. The Labute approximate surface area is 95.4 Å². The van der Waals surface area contributed by atoms with Gasteiger partial charge in [0, 0.05) is 19.5 Å². The Hall–Kier alpha value is -1.43. The number of carbonyl (C=O) groups is 1. The lowest BCUT2D eigenvalue weighted by atomic mass is 10.1. The molecule has 0 saturated heterocycles. The summed E-state index contributed by atoms with van der Waals surface area (Å²) in [6, 6.07) is 0. The van der Waals surface area contributed by atoms with Crippen LogP contribution in [0.25, 0.3) is 0 Å². The molecular formula is C10H19N5O. The van der Waals surface area contributed by atoms with Gasteiger partial charge in [-0.05, 0) is 14.0 Å². The molecule has 0 aromatic carbocycles. The van der Waals surface area contributed by atoms with Crippen molar-refractivity contribution in [2.45, 2.75) is 20.4 Å². The fourth-order valence-electron chi connectivity index (χ4n) is 1.52. The molecule has 1 amide bonds. The van der Waals surface area contributed by atoms with Gasteiger partial charge in [-0.2, -0.15) is 5.10 Å². The molecule has 90 valence electrons. The lowest BCUT2D eigenvalue weighted by Crippen LogP contribution is -2.35. The standard InChI is InChI=1S/C10H19N5O/c1-7(5-11-3)10(16)15(4)6-9-12-8(2)13-14-9/h7,11H,5-6H2,1-4H3,(H,12,13,14). The maximum atomic E-state index is 11.9. The highest BCUT2D eigenvalue weighted by atomic mass is 16.2. The first kappa shape index (κ1) is 12.6. The number of rotatable bonds is 5. The SMILES string of the molecule is CNCC(C)C(=O)N(C)Cc1n[nH]c(C)n1. The maximum Gasteiger partial charge on any atom is 0.226 e. The number of amides is 1. The van der Waals surface area contributed by atoms with E-state index in [4.69, 9.17) is 0 Å². The summed E-state index contributed by atoms with van der Waals surface area (Å²) in [5, 5.41) is 9.74. The molecule has 1 heterocycles. The van der Waals surface area contributed by atoms with Crippen molar-refractivity contribution in [2.75, 3.05) is 20.6 Å². The first-order valence-corrected chi connectivity index (χ1v) is 5.32. The number of nitrogens with one attached hydrogen (secondary N) is 2. The Balaban J connectivity index is 2.51. The van der Waals surface area contributed by atoms with Gasteiger partial charge in [0.15, 0.2) is 5.82 Å². The number of hydrogen-bond donors (Lipinski definition) is 2. The third-order valence-electron chi connectivity index (χ3n) is 2.33. The fraction of sp³-hybridized carbons (Fsp3) is 0.700. The molecule has 0 radical (unpaired) electrons. The van der Waals surface area contributed by atoms with E-state index in [1.54, 1.807) is 11.9 Å². The van der Waals surface area contributed by atoms with Gasteiger partial charge >= 0.3 is 0 Å². The normalized spacial score (nSPS) is 12.5. The van der Waals surface area contributed by atoms with E-state index >= 15 is 0 Å². The zero-order chi connectivity index (χ0) is 12.1. The number of H-pyrrole nitrogens is 1. The summed E-state index contributed by atoms with van der Waals surface area (Å²) >= 11 is 0. The number of aromatic nitrogens is 3. The van der Waals surface area contributed by atoms with Gasteiger partial charge in [-0.1, -0.05) is 6.92 Å². The highest BCUT2D eigenvalue weighted by Crippen LogP contribution is 2.03. The van der Waals surface area contributed by atoms with Crippen molar-refractivity contribution < 1.29 is 4.79 Å². The van der Waals surface area contributed by atoms with E-state index in [0.29, 0.717) is 18.9 Å². The predicted octanol–water partition coefficient (Wildman–Crippen LogP) is -0.0730. The molecule has 1 atom stereocenters. The zero-order valence-corrected chi connectivity index (χ0v) is 10.2. The second kappa shape index (κ2) is 5.60.